The van der Waals surface area contributed by atoms with Crippen LogP contribution in [-0.2, 0) is 17.8 Å². The summed E-state index contributed by atoms with van der Waals surface area (Å²) in [6.45, 7) is 6.18. The number of amides is 2. The Morgan fingerprint density at radius 2 is 1.70 bits per heavy atom. The number of carbonyl (C=O) groups is 2. The van der Waals surface area contributed by atoms with Crippen LogP contribution >= 0.6 is 23.2 Å². The van der Waals surface area contributed by atoms with E-state index in [1.165, 1.54) is 11.0 Å². The molecule has 0 aliphatic carbocycles. The van der Waals surface area contributed by atoms with E-state index >= 15 is 0 Å². The Kier molecular flexibility index (Phi) is 9.51. The van der Waals surface area contributed by atoms with E-state index in [1.54, 1.807) is 43.6 Å². The molecule has 0 fully saturated rings. The lowest BCUT2D eigenvalue weighted by atomic mass is 10.0. The molecular formula is C28H32Cl2N2O5. The van der Waals surface area contributed by atoms with Gasteiger partial charge in [-0.25, -0.2) is 0 Å². The van der Waals surface area contributed by atoms with Gasteiger partial charge in [0, 0.05) is 17.1 Å². The number of methoxy groups -OCH3 is 2. The molecule has 1 heterocycles. The average Bonchev–Trinajstić information content (AvgIpc) is 3.36. The Hall–Kier alpha value is -3.16. The summed E-state index contributed by atoms with van der Waals surface area (Å²) in [5.74, 6) is 1.34. The van der Waals surface area contributed by atoms with Gasteiger partial charge >= 0.3 is 0 Å². The molecule has 2 amide bonds. The van der Waals surface area contributed by atoms with Gasteiger partial charge in [-0.05, 0) is 75.2 Å². The van der Waals surface area contributed by atoms with Crippen molar-refractivity contribution < 1.29 is 23.5 Å². The molecule has 198 valence electrons. The van der Waals surface area contributed by atoms with Crippen molar-refractivity contribution >= 4 is 35.0 Å². The van der Waals surface area contributed by atoms with E-state index in [0.29, 0.717) is 35.2 Å². The van der Waals surface area contributed by atoms with E-state index in [9.17, 15) is 9.59 Å². The number of hydrogen-bond donors (Lipinski definition) is 0. The number of carbonyl (C=O) groups excluding carboxylic acids is 2. The number of rotatable bonds is 10. The minimum Gasteiger partial charge on any atom is -0.493 e. The molecule has 3 aromatic rings. The Bertz CT molecular complexity index is 1220. The summed E-state index contributed by atoms with van der Waals surface area (Å²) in [6, 6.07) is 14.0. The number of hydrogen-bond acceptors (Lipinski definition) is 5. The van der Waals surface area contributed by atoms with Crippen LogP contribution in [-0.4, -0.2) is 54.5 Å². The fourth-order valence-electron chi connectivity index (χ4n) is 3.84. The van der Waals surface area contributed by atoms with Crippen LogP contribution in [0.5, 0.6) is 11.5 Å². The standard InChI is InChI=1S/C28H32Cl2N2O5/c1-28(2,3)32(27(34)22-10-9-20(29)16-23(22)30)18-26(33)31(17-21-7-6-14-37-21)13-12-19-8-11-24(35-4)25(15-19)36-5/h6-11,14-16H,12-13,17-18H2,1-5H3. The molecule has 0 N–H and O–H groups in total. The van der Waals surface area contributed by atoms with Gasteiger partial charge in [0.1, 0.15) is 12.3 Å². The van der Waals surface area contributed by atoms with E-state index in [0.717, 1.165) is 5.56 Å². The summed E-state index contributed by atoms with van der Waals surface area (Å²) in [7, 11) is 3.17. The third-order valence-corrected chi connectivity index (χ3v) is 6.46. The Labute approximate surface area is 227 Å². The molecule has 0 saturated carbocycles. The molecule has 2 aromatic carbocycles. The molecule has 0 radical (unpaired) electrons. The lowest BCUT2D eigenvalue weighted by Gasteiger charge is -2.37. The van der Waals surface area contributed by atoms with E-state index in [1.807, 2.05) is 45.0 Å². The van der Waals surface area contributed by atoms with Gasteiger partial charge in [0.2, 0.25) is 5.91 Å². The zero-order valence-electron chi connectivity index (χ0n) is 21.7. The van der Waals surface area contributed by atoms with Crippen molar-refractivity contribution in [3.05, 3.63) is 81.7 Å². The minimum atomic E-state index is -0.643. The molecule has 9 heteroatoms. The van der Waals surface area contributed by atoms with Gasteiger partial charge < -0.3 is 23.7 Å². The molecule has 0 unspecified atom stereocenters. The maximum absolute atomic E-state index is 13.6. The maximum Gasteiger partial charge on any atom is 0.256 e. The predicted molar refractivity (Wildman–Crippen MR) is 145 cm³/mol. The first kappa shape index (κ1) is 28.4. The second-order valence-corrected chi connectivity index (χ2v) is 10.4. The molecule has 0 bridgehead atoms. The molecule has 7 nitrogen and oxygen atoms in total. The van der Waals surface area contributed by atoms with Gasteiger partial charge in [-0.1, -0.05) is 29.3 Å². The van der Waals surface area contributed by atoms with Crippen molar-refractivity contribution in [1.29, 1.82) is 0 Å². The van der Waals surface area contributed by atoms with Crippen molar-refractivity contribution in [3.63, 3.8) is 0 Å². The lowest BCUT2D eigenvalue weighted by molar-refractivity contribution is -0.133. The highest BCUT2D eigenvalue weighted by Gasteiger charge is 2.32. The molecular weight excluding hydrogens is 515 g/mol. The molecule has 37 heavy (non-hydrogen) atoms. The summed E-state index contributed by atoms with van der Waals surface area (Å²) in [4.78, 5) is 30.3. The summed E-state index contributed by atoms with van der Waals surface area (Å²) < 4.78 is 16.2. The quantitative estimate of drug-likeness (QED) is 0.306. The summed E-state index contributed by atoms with van der Waals surface area (Å²) in [5, 5.41) is 0.666. The summed E-state index contributed by atoms with van der Waals surface area (Å²) >= 11 is 12.3. The first-order valence-electron chi connectivity index (χ1n) is 11.8. The normalized spacial score (nSPS) is 11.2. The smallest absolute Gasteiger partial charge is 0.256 e. The molecule has 0 aliphatic heterocycles. The highest BCUT2D eigenvalue weighted by Crippen LogP contribution is 2.28. The first-order valence-corrected chi connectivity index (χ1v) is 12.6. The van der Waals surface area contributed by atoms with Crippen LogP contribution in [0.4, 0.5) is 0 Å². The highest BCUT2D eigenvalue weighted by molar-refractivity contribution is 6.36. The molecule has 0 atom stereocenters. The van der Waals surface area contributed by atoms with Crippen LogP contribution in [0.15, 0.2) is 59.2 Å². The average molecular weight is 547 g/mol. The Balaban J connectivity index is 1.83. The fraction of sp³-hybridized carbons (Fsp3) is 0.357. The zero-order chi connectivity index (χ0) is 27.2. The SMILES string of the molecule is COc1ccc(CCN(Cc2ccco2)C(=O)CN(C(=O)c2ccc(Cl)cc2Cl)C(C)(C)C)cc1OC. The monoisotopic (exact) mass is 546 g/mol. The van der Waals surface area contributed by atoms with Gasteiger partial charge in [0.05, 0.1) is 37.6 Å². The van der Waals surface area contributed by atoms with Gasteiger partial charge in [0.25, 0.3) is 5.91 Å². The van der Waals surface area contributed by atoms with Gasteiger partial charge in [-0.2, -0.15) is 0 Å². The van der Waals surface area contributed by atoms with Crippen LogP contribution in [0.2, 0.25) is 10.0 Å². The second-order valence-electron chi connectivity index (χ2n) is 9.52. The third-order valence-electron chi connectivity index (χ3n) is 5.91. The number of ether oxygens (including phenoxy) is 2. The topological polar surface area (TPSA) is 72.2 Å². The second kappa shape index (κ2) is 12.4. The van der Waals surface area contributed by atoms with E-state index in [4.69, 9.17) is 37.1 Å². The zero-order valence-corrected chi connectivity index (χ0v) is 23.2. The molecule has 0 aliphatic rings. The maximum atomic E-state index is 13.6. The van der Waals surface area contributed by atoms with Crippen LogP contribution in [0, 0.1) is 0 Å². The fourth-order valence-corrected chi connectivity index (χ4v) is 4.33. The van der Waals surface area contributed by atoms with Gasteiger partial charge in [0.15, 0.2) is 11.5 Å². The van der Waals surface area contributed by atoms with Gasteiger partial charge in [-0.3, -0.25) is 9.59 Å². The molecule has 0 saturated heterocycles. The number of benzene rings is 2. The van der Waals surface area contributed by atoms with Crippen molar-refractivity contribution in [2.24, 2.45) is 0 Å². The molecule has 0 spiro atoms. The van der Waals surface area contributed by atoms with Crippen molar-refractivity contribution in [2.75, 3.05) is 27.3 Å². The minimum absolute atomic E-state index is 0.131. The van der Waals surface area contributed by atoms with Gasteiger partial charge in [-0.15, -0.1) is 0 Å². The van der Waals surface area contributed by atoms with Crippen LogP contribution in [0.25, 0.3) is 0 Å². The largest absolute Gasteiger partial charge is 0.493 e. The van der Waals surface area contributed by atoms with E-state index in [-0.39, 0.29) is 35.5 Å². The Morgan fingerprint density at radius 3 is 2.30 bits per heavy atom. The lowest BCUT2D eigenvalue weighted by Crippen LogP contribution is -2.51. The summed E-state index contributed by atoms with van der Waals surface area (Å²) in [6.07, 6.45) is 2.14. The van der Waals surface area contributed by atoms with Crippen LogP contribution in [0.3, 0.4) is 0 Å². The highest BCUT2D eigenvalue weighted by atomic mass is 35.5. The van der Waals surface area contributed by atoms with Crippen molar-refractivity contribution in [2.45, 2.75) is 39.3 Å². The van der Waals surface area contributed by atoms with E-state index in [2.05, 4.69) is 0 Å². The molecule has 3 rings (SSSR count). The van der Waals surface area contributed by atoms with E-state index < -0.39 is 5.54 Å². The number of nitrogens with zero attached hydrogens (tertiary/aromatic N) is 2. The molecule has 1 aromatic heterocycles. The van der Waals surface area contributed by atoms with Crippen molar-refractivity contribution in [1.82, 2.24) is 9.80 Å². The first-order chi connectivity index (χ1) is 17.5. The predicted octanol–water partition coefficient (Wildman–Crippen LogP) is 6.12. The van der Waals surface area contributed by atoms with Crippen molar-refractivity contribution in [3.8, 4) is 11.5 Å². The summed E-state index contributed by atoms with van der Waals surface area (Å²) in [5.41, 5.74) is 0.624. The third kappa shape index (κ3) is 7.43. The Morgan fingerprint density at radius 1 is 0.973 bits per heavy atom. The van der Waals surface area contributed by atoms with Crippen LogP contribution < -0.4 is 9.47 Å². The van der Waals surface area contributed by atoms with Crippen LogP contribution in [0.1, 0.15) is 42.5 Å². The number of furan rings is 1. The number of halogens is 2.